The van der Waals surface area contributed by atoms with Crippen molar-refractivity contribution >= 4 is 29.1 Å². The highest BCUT2D eigenvalue weighted by atomic mass is 35.5. The zero-order valence-corrected chi connectivity index (χ0v) is 16.5. The molecule has 0 aliphatic carbocycles. The fourth-order valence-corrected chi connectivity index (χ4v) is 2.66. The zero-order chi connectivity index (χ0) is 19.1. The van der Waals surface area contributed by atoms with Crippen molar-refractivity contribution in [3.8, 4) is 0 Å². The second-order valence-corrected chi connectivity index (χ2v) is 6.42. The molecule has 2 amide bonds. The molecule has 0 aliphatic heterocycles. The van der Waals surface area contributed by atoms with Crippen LogP contribution in [0.2, 0.25) is 5.02 Å². The molecule has 0 radical (unpaired) electrons. The van der Waals surface area contributed by atoms with Gasteiger partial charge in [-0.05, 0) is 35.9 Å². The molecule has 2 N–H and O–H groups in total. The number of pyridine rings is 1. The summed E-state index contributed by atoms with van der Waals surface area (Å²) in [5.41, 5.74) is 2.19. The Morgan fingerprint density at radius 1 is 0.929 bits per heavy atom. The van der Waals surface area contributed by atoms with Gasteiger partial charge in [-0.2, -0.15) is 4.57 Å². The Labute approximate surface area is 174 Å². The predicted octanol–water partition coefficient (Wildman–Crippen LogP) is 0.200. The highest BCUT2D eigenvalue weighted by Crippen LogP contribution is 2.13. The number of amides is 2. The number of carbonyl (C=O) groups is 2. The number of anilines is 1. The van der Waals surface area contributed by atoms with Gasteiger partial charge in [-0.3, -0.25) is 9.59 Å². The van der Waals surface area contributed by atoms with E-state index in [0.717, 1.165) is 5.56 Å². The molecule has 7 heteroatoms. The minimum absolute atomic E-state index is 0. The van der Waals surface area contributed by atoms with Gasteiger partial charge in [-0.15, -0.1) is 0 Å². The maximum atomic E-state index is 12.3. The lowest BCUT2D eigenvalue weighted by Gasteiger charge is -2.06. The van der Waals surface area contributed by atoms with Gasteiger partial charge in [0.05, 0.1) is 0 Å². The number of carbonyl (C=O) groups excluding carboxylic acids is 2. The molecular formula is C21H19Cl2N3O2. The Bertz CT molecular complexity index is 932. The van der Waals surface area contributed by atoms with Crippen LogP contribution in [0.1, 0.15) is 15.9 Å². The number of hydrogen-bond donors (Lipinski definition) is 2. The molecule has 0 spiro atoms. The van der Waals surface area contributed by atoms with Crippen LogP contribution in [0.25, 0.3) is 0 Å². The number of aromatic nitrogens is 1. The average molecular weight is 416 g/mol. The van der Waals surface area contributed by atoms with Crippen LogP contribution < -0.4 is 27.6 Å². The van der Waals surface area contributed by atoms with Crippen molar-refractivity contribution in [2.24, 2.45) is 0 Å². The van der Waals surface area contributed by atoms with E-state index < -0.39 is 0 Å². The van der Waals surface area contributed by atoms with E-state index in [4.69, 9.17) is 11.6 Å². The molecule has 28 heavy (non-hydrogen) atoms. The van der Waals surface area contributed by atoms with E-state index in [1.165, 1.54) is 0 Å². The van der Waals surface area contributed by atoms with Gasteiger partial charge in [0.1, 0.15) is 5.56 Å². The first-order valence-corrected chi connectivity index (χ1v) is 8.84. The zero-order valence-electron chi connectivity index (χ0n) is 14.9. The molecule has 144 valence electrons. The molecule has 1 heterocycles. The fraction of sp³-hybridized carbons (Fsp3) is 0.0952. The van der Waals surface area contributed by atoms with Gasteiger partial charge in [0, 0.05) is 23.3 Å². The Morgan fingerprint density at radius 2 is 1.64 bits per heavy atom. The maximum absolute atomic E-state index is 12.3. The Morgan fingerprint density at radius 3 is 2.36 bits per heavy atom. The number of nitrogens with zero attached hydrogens (tertiary/aromatic N) is 1. The van der Waals surface area contributed by atoms with Crippen molar-refractivity contribution in [2.75, 3.05) is 5.32 Å². The quantitative estimate of drug-likeness (QED) is 0.565. The molecule has 3 aromatic rings. The third-order valence-corrected chi connectivity index (χ3v) is 4.12. The van der Waals surface area contributed by atoms with E-state index >= 15 is 0 Å². The number of benzene rings is 2. The average Bonchev–Trinajstić information content (AvgIpc) is 2.69. The van der Waals surface area contributed by atoms with E-state index in [1.54, 1.807) is 53.4 Å². The lowest BCUT2D eigenvalue weighted by molar-refractivity contribution is -0.684. The van der Waals surface area contributed by atoms with Gasteiger partial charge in [-0.25, -0.2) is 0 Å². The molecule has 0 saturated heterocycles. The Hall–Kier alpha value is -2.89. The summed E-state index contributed by atoms with van der Waals surface area (Å²) in [4.78, 5) is 24.5. The highest BCUT2D eigenvalue weighted by molar-refractivity contribution is 6.30. The topological polar surface area (TPSA) is 62.1 Å². The van der Waals surface area contributed by atoms with Crippen LogP contribution in [-0.4, -0.2) is 11.8 Å². The van der Waals surface area contributed by atoms with E-state index in [9.17, 15) is 9.59 Å². The first-order chi connectivity index (χ1) is 13.1. The van der Waals surface area contributed by atoms with Crippen molar-refractivity contribution in [3.05, 3.63) is 95.3 Å². The summed E-state index contributed by atoms with van der Waals surface area (Å²) in [6, 6.07) is 20.0. The normalized spacial score (nSPS) is 9.89. The monoisotopic (exact) mass is 415 g/mol. The predicted molar refractivity (Wildman–Crippen MR) is 104 cm³/mol. The second-order valence-electron chi connectivity index (χ2n) is 5.99. The molecule has 0 saturated carbocycles. The third kappa shape index (κ3) is 6.37. The Balaban J connectivity index is 0.00000280. The Kier molecular flexibility index (Phi) is 7.99. The van der Waals surface area contributed by atoms with E-state index in [1.807, 2.05) is 30.3 Å². The summed E-state index contributed by atoms with van der Waals surface area (Å²) < 4.78 is 1.67. The number of rotatable bonds is 6. The van der Waals surface area contributed by atoms with Crippen LogP contribution >= 0.6 is 11.6 Å². The minimum Gasteiger partial charge on any atom is -1.00 e. The van der Waals surface area contributed by atoms with Crippen LogP contribution in [0.5, 0.6) is 0 Å². The van der Waals surface area contributed by atoms with Crippen molar-refractivity contribution in [2.45, 2.75) is 13.1 Å². The molecule has 5 nitrogen and oxygen atoms in total. The summed E-state index contributed by atoms with van der Waals surface area (Å²) in [7, 11) is 0. The molecule has 0 atom stereocenters. The van der Waals surface area contributed by atoms with Gasteiger partial charge in [0.25, 0.3) is 11.8 Å². The van der Waals surface area contributed by atoms with E-state index in [2.05, 4.69) is 10.6 Å². The number of halogens is 2. The van der Waals surface area contributed by atoms with Gasteiger partial charge >= 0.3 is 0 Å². The largest absolute Gasteiger partial charge is 1.00 e. The summed E-state index contributed by atoms with van der Waals surface area (Å²) >= 11 is 5.84. The van der Waals surface area contributed by atoms with Gasteiger partial charge < -0.3 is 23.0 Å². The van der Waals surface area contributed by atoms with Gasteiger partial charge in [0.2, 0.25) is 6.54 Å². The lowest BCUT2D eigenvalue weighted by Crippen LogP contribution is -3.00. The first-order valence-electron chi connectivity index (χ1n) is 8.47. The molecule has 0 fully saturated rings. The number of nitrogens with one attached hydrogen (secondary N) is 2. The minimum atomic E-state index is -0.191. The second kappa shape index (κ2) is 10.4. The van der Waals surface area contributed by atoms with Crippen molar-refractivity contribution < 1.29 is 26.6 Å². The van der Waals surface area contributed by atoms with Crippen LogP contribution in [0.3, 0.4) is 0 Å². The molecule has 0 unspecified atom stereocenters. The SMILES string of the molecule is O=C(C[n+]1cccc(C(=O)NCc2ccccc2)c1)Nc1ccc(Cl)cc1.[Cl-]. The summed E-state index contributed by atoms with van der Waals surface area (Å²) in [6.07, 6.45) is 3.40. The van der Waals surface area contributed by atoms with E-state index in [-0.39, 0.29) is 30.8 Å². The molecular weight excluding hydrogens is 397 g/mol. The maximum Gasteiger partial charge on any atom is 0.290 e. The smallest absolute Gasteiger partial charge is 0.290 e. The highest BCUT2D eigenvalue weighted by Gasteiger charge is 2.14. The molecule has 3 rings (SSSR count). The van der Waals surface area contributed by atoms with Gasteiger partial charge in [-0.1, -0.05) is 41.9 Å². The van der Waals surface area contributed by atoms with Crippen LogP contribution in [0.15, 0.2) is 79.1 Å². The molecule has 0 bridgehead atoms. The number of hydrogen-bond acceptors (Lipinski definition) is 2. The van der Waals surface area contributed by atoms with Crippen molar-refractivity contribution in [1.29, 1.82) is 0 Å². The van der Waals surface area contributed by atoms with E-state index in [0.29, 0.717) is 22.8 Å². The van der Waals surface area contributed by atoms with Gasteiger partial charge in [0.15, 0.2) is 12.4 Å². The summed E-state index contributed by atoms with van der Waals surface area (Å²) in [6.45, 7) is 0.550. The van der Waals surface area contributed by atoms with Crippen molar-refractivity contribution in [1.82, 2.24) is 5.32 Å². The molecule has 0 aliphatic rings. The third-order valence-electron chi connectivity index (χ3n) is 3.87. The van der Waals surface area contributed by atoms with Crippen LogP contribution in [-0.2, 0) is 17.9 Å². The summed E-state index contributed by atoms with van der Waals surface area (Å²) in [5, 5.41) is 6.28. The first kappa shape index (κ1) is 21.4. The van der Waals surface area contributed by atoms with Crippen LogP contribution in [0, 0.1) is 0 Å². The summed E-state index contributed by atoms with van der Waals surface area (Å²) in [5.74, 6) is -0.379. The fourth-order valence-electron chi connectivity index (χ4n) is 2.53. The lowest BCUT2D eigenvalue weighted by atomic mass is 10.2. The molecule has 2 aromatic carbocycles. The molecule has 1 aromatic heterocycles. The van der Waals surface area contributed by atoms with Crippen LogP contribution in [0.4, 0.5) is 5.69 Å². The standard InChI is InChI=1S/C21H18ClN3O2.ClH/c22-18-8-10-19(11-9-18)24-20(26)15-25-12-4-7-17(14-25)21(27)23-13-16-5-2-1-3-6-16;/h1-12,14H,13,15H2,(H-,23,24,26,27);1H. The van der Waals surface area contributed by atoms with Crippen molar-refractivity contribution in [3.63, 3.8) is 0 Å².